The molecule has 0 bridgehead atoms. The highest BCUT2D eigenvalue weighted by Gasteiger charge is 2.28. The van der Waals surface area contributed by atoms with Gasteiger partial charge in [0.15, 0.2) is 5.76 Å². The lowest BCUT2D eigenvalue weighted by Gasteiger charge is -2.05. The normalized spacial score (nSPS) is 13.5. The monoisotopic (exact) mass is 401 g/mol. The summed E-state index contributed by atoms with van der Waals surface area (Å²) in [5, 5.41) is 0. The highest BCUT2D eigenvalue weighted by Crippen LogP contribution is 2.35. The molecule has 0 unspecified atom stereocenters. The van der Waals surface area contributed by atoms with Crippen LogP contribution in [0.5, 0.6) is 11.5 Å². The Bertz CT molecular complexity index is 1170. The van der Waals surface area contributed by atoms with Gasteiger partial charge < -0.3 is 14.2 Å². The largest absolute Gasteiger partial charge is 0.465 e. The van der Waals surface area contributed by atoms with Crippen LogP contribution in [0.15, 0.2) is 72.8 Å². The summed E-state index contributed by atoms with van der Waals surface area (Å²) in [6.45, 7) is 0. The molecule has 148 valence electrons. The molecule has 0 amide bonds. The Hall–Kier alpha value is -4.26. The zero-order valence-electron chi connectivity index (χ0n) is 15.8. The summed E-state index contributed by atoms with van der Waals surface area (Å²) in [5.41, 5.74) is 1.82. The van der Waals surface area contributed by atoms with Crippen molar-refractivity contribution < 1.29 is 28.6 Å². The number of Topliss-reactive ketones (excluding diaryl/α,β-unsaturated/α-hetero) is 1. The van der Waals surface area contributed by atoms with Gasteiger partial charge in [0.05, 0.1) is 23.8 Å². The highest BCUT2D eigenvalue weighted by atomic mass is 16.5. The lowest BCUT2D eigenvalue weighted by atomic mass is 10.1. The summed E-state index contributed by atoms with van der Waals surface area (Å²) in [4.78, 5) is 40.1. The van der Waals surface area contributed by atoms with Crippen molar-refractivity contribution in [3.8, 4) is 11.5 Å². The molecule has 7 heteroatoms. The van der Waals surface area contributed by atoms with Gasteiger partial charge in [-0.2, -0.15) is 0 Å². The van der Waals surface area contributed by atoms with Crippen LogP contribution in [-0.4, -0.2) is 29.8 Å². The van der Waals surface area contributed by atoms with E-state index in [0.717, 1.165) is 0 Å². The minimum Gasteiger partial charge on any atom is -0.465 e. The average Bonchev–Trinajstić information content (AvgIpc) is 3.08. The predicted molar refractivity (Wildman–Crippen MR) is 106 cm³/mol. The molecule has 0 saturated heterocycles. The molecule has 0 N–H and O–H groups in total. The summed E-state index contributed by atoms with van der Waals surface area (Å²) in [5.74, 6) is -0.571. The van der Waals surface area contributed by atoms with Gasteiger partial charge in [0.2, 0.25) is 5.78 Å². The number of ether oxygens (including phenoxy) is 3. The van der Waals surface area contributed by atoms with Gasteiger partial charge in [-0.05, 0) is 48.0 Å². The molecule has 0 fully saturated rings. The number of benzene rings is 2. The number of rotatable bonds is 4. The number of hydrogen-bond acceptors (Lipinski definition) is 7. The first kappa shape index (κ1) is 19.1. The van der Waals surface area contributed by atoms with E-state index in [1.54, 1.807) is 48.5 Å². The van der Waals surface area contributed by atoms with Gasteiger partial charge in [-0.1, -0.05) is 12.1 Å². The summed E-state index contributed by atoms with van der Waals surface area (Å²) >= 11 is 0. The number of fused-ring (bicyclic) bond motifs is 1. The van der Waals surface area contributed by atoms with Crippen LogP contribution in [0.3, 0.4) is 0 Å². The fourth-order valence-electron chi connectivity index (χ4n) is 2.87. The molecule has 30 heavy (non-hydrogen) atoms. The Kier molecular flexibility index (Phi) is 5.09. The van der Waals surface area contributed by atoms with Crippen molar-refractivity contribution in [3.63, 3.8) is 0 Å². The van der Waals surface area contributed by atoms with Crippen LogP contribution in [0, 0.1) is 0 Å². The van der Waals surface area contributed by atoms with Crippen LogP contribution >= 0.6 is 0 Å². The third-order valence-corrected chi connectivity index (χ3v) is 4.40. The molecular formula is C23H15NO6. The van der Waals surface area contributed by atoms with Crippen molar-refractivity contribution in [2.45, 2.75) is 0 Å². The number of ketones is 1. The van der Waals surface area contributed by atoms with Crippen molar-refractivity contribution in [3.05, 3.63) is 95.0 Å². The van der Waals surface area contributed by atoms with E-state index in [2.05, 4.69) is 9.72 Å². The van der Waals surface area contributed by atoms with Crippen molar-refractivity contribution in [1.82, 2.24) is 4.98 Å². The van der Waals surface area contributed by atoms with Crippen molar-refractivity contribution in [1.29, 1.82) is 0 Å². The molecule has 2 aromatic carbocycles. The maximum absolute atomic E-state index is 12.6. The van der Waals surface area contributed by atoms with Crippen molar-refractivity contribution >= 4 is 23.8 Å². The van der Waals surface area contributed by atoms with Crippen LogP contribution in [0.1, 0.15) is 36.6 Å². The molecule has 0 atom stereocenters. The van der Waals surface area contributed by atoms with Gasteiger partial charge >= 0.3 is 11.9 Å². The minimum absolute atomic E-state index is 0.133. The summed E-state index contributed by atoms with van der Waals surface area (Å²) in [7, 11) is 1.31. The van der Waals surface area contributed by atoms with Crippen molar-refractivity contribution in [2.75, 3.05) is 7.11 Å². The Morgan fingerprint density at radius 2 is 1.63 bits per heavy atom. The number of carbonyl (C=O) groups excluding carboxylic acids is 3. The van der Waals surface area contributed by atoms with Gasteiger partial charge in [0.25, 0.3) is 0 Å². The number of carbonyl (C=O) groups is 3. The maximum Gasteiger partial charge on any atom is 0.343 e. The number of allylic oxidation sites excluding steroid dienone is 1. The van der Waals surface area contributed by atoms with E-state index >= 15 is 0 Å². The molecule has 0 aliphatic carbocycles. The van der Waals surface area contributed by atoms with Crippen LogP contribution in [-0.2, 0) is 4.74 Å². The molecule has 0 spiro atoms. The van der Waals surface area contributed by atoms with E-state index in [0.29, 0.717) is 28.0 Å². The van der Waals surface area contributed by atoms with Gasteiger partial charge in [-0.25, -0.2) is 9.59 Å². The van der Waals surface area contributed by atoms with E-state index in [1.807, 2.05) is 0 Å². The topological polar surface area (TPSA) is 91.8 Å². The fourth-order valence-corrected chi connectivity index (χ4v) is 2.87. The summed E-state index contributed by atoms with van der Waals surface area (Å²) < 4.78 is 15.7. The first-order valence-corrected chi connectivity index (χ1v) is 8.94. The van der Waals surface area contributed by atoms with E-state index in [-0.39, 0.29) is 17.3 Å². The highest BCUT2D eigenvalue weighted by molar-refractivity contribution is 6.14. The number of nitrogens with zero attached hydrogens (tertiary/aromatic N) is 1. The Morgan fingerprint density at radius 1 is 0.933 bits per heavy atom. The van der Waals surface area contributed by atoms with Gasteiger partial charge in [0, 0.05) is 18.5 Å². The lowest BCUT2D eigenvalue weighted by Crippen LogP contribution is -2.08. The predicted octanol–water partition coefficient (Wildman–Crippen LogP) is 3.70. The SMILES string of the molecule is COC(=O)c1ccc(/C=C2\Oc3cc(OC(=O)c4ccncc4)ccc3C2=O)cc1. The van der Waals surface area contributed by atoms with Gasteiger partial charge in [-0.15, -0.1) is 0 Å². The number of pyridine rings is 1. The Morgan fingerprint density at radius 3 is 2.33 bits per heavy atom. The van der Waals surface area contributed by atoms with Crippen LogP contribution in [0.2, 0.25) is 0 Å². The second-order valence-electron chi connectivity index (χ2n) is 6.34. The zero-order chi connectivity index (χ0) is 21.1. The number of hydrogen-bond donors (Lipinski definition) is 0. The quantitative estimate of drug-likeness (QED) is 0.374. The van der Waals surface area contributed by atoms with Gasteiger partial charge in [0.1, 0.15) is 11.5 Å². The number of aromatic nitrogens is 1. The van der Waals surface area contributed by atoms with E-state index in [1.165, 1.54) is 31.6 Å². The molecule has 0 radical (unpaired) electrons. The van der Waals surface area contributed by atoms with E-state index in [9.17, 15) is 14.4 Å². The minimum atomic E-state index is -0.539. The standard InChI is InChI=1S/C23H15NO6/c1-28-22(26)15-4-2-14(3-5-15)12-20-21(25)18-7-6-17(13-19(18)30-20)29-23(27)16-8-10-24-11-9-16/h2-13H,1H3/b20-12-. The molecule has 1 aliphatic rings. The molecule has 0 saturated carbocycles. The fraction of sp³-hybridized carbons (Fsp3) is 0.0435. The van der Waals surface area contributed by atoms with Crippen LogP contribution < -0.4 is 9.47 Å². The molecule has 1 aliphatic heterocycles. The maximum atomic E-state index is 12.6. The smallest absolute Gasteiger partial charge is 0.343 e. The van der Waals surface area contributed by atoms with Gasteiger partial charge in [-0.3, -0.25) is 9.78 Å². The lowest BCUT2D eigenvalue weighted by molar-refractivity contribution is 0.0600. The summed E-state index contributed by atoms with van der Waals surface area (Å²) in [6.07, 6.45) is 4.57. The molecule has 7 nitrogen and oxygen atoms in total. The van der Waals surface area contributed by atoms with E-state index < -0.39 is 11.9 Å². The molecule has 3 aromatic rings. The van der Waals surface area contributed by atoms with Crippen LogP contribution in [0.25, 0.3) is 6.08 Å². The third kappa shape index (κ3) is 3.81. The molecule has 1 aromatic heterocycles. The Balaban J connectivity index is 1.52. The average molecular weight is 401 g/mol. The number of methoxy groups -OCH3 is 1. The second-order valence-corrected chi connectivity index (χ2v) is 6.34. The Labute approximate surface area is 171 Å². The first-order chi connectivity index (χ1) is 14.5. The molecule has 2 heterocycles. The van der Waals surface area contributed by atoms with E-state index in [4.69, 9.17) is 9.47 Å². The third-order valence-electron chi connectivity index (χ3n) is 4.40. The first-order valence-electron chi connectivity index (χ1n) is 8.94. The zero-order valence-corrected chi connectivity index (χ0v) is 15.8. The van der Waals surface area contributed by atoms with Crippen LogP contribution in [0.4, 0.5) is 0 Å². The molecule has 4 rings (SSSR count). The number of esters is 2. The van der Waals surface area contributed by atoms with Crippen molar-refractivity contribution in [2.24, 2.45) is 0 Å². The second kappa shape index (κ2) is 8.00. The summed E-state index contributed by atoms with van der Waals surface area (Å²) in [6, 6.07) is 14.2. The molecular weight excluding hydrogens is 386 g/mol.